The SMILES string of the molecule is CCOc1ccc(CC(=O)N[C@H](Cn2ccnn2)C(C)C)cc1. The number of carbonyl (C=O) groups is 1. The lowest BCUT2D eigenvalue weighted by Gasteiger charge is -2.22. The van der Waals surface area contributed by atoms with Crippen molar-refractivity contribution in [3.8, 4) is 5.75 Å². The second-order valence-electron chi connectivity index (χ2n) is 5.80. The molecule has 0 aliphatic carbocycles. The predicted molar refractivity (Wildman–Crippen MR) is 88.1 cm³/mol. The number of hydrogen-bond acceptors (Lipinski definition) is 4. The summed E-state index contributed by atoms with van der Waals surface area (Å²) >= 11 is 0. The van der Waals surface area contributed by atoms with E-state index in [4.69, 9.17) is 4.74 Å². The van der Waals surface area contributed by atoms with Crippen LogP contribution in [0.1, 0.15) is 26.3 Å². The van der Waals surface area contributed by atoms with Crippen LogP contribution >= 0.6 is 0 Å². The van der Waals surface area contributed by atoms with Crippen molar-refractivity contribution in [2.45, 2.75) is 39.8 Å². The number of benzene rings is 1. The van der Waals surface area contributed by atoms with Crippen molar-refractivity contribution in [3.05, 3.63) is 42.2 Å². The third kappa shape index (κ3) is 5.39. The Morgan fingerprint density at radius 1 is 1.30 bits per heavy atom. The van der Waals surface area contributed by atoms with Gasteiger partial charge in [-0.3, -0.25) is 9.48 Å². The molecule has 0 spiro atoms. The second kappa shape index (κ2) is 8.31. The Bertz CT molecular complexity index is 594. The number of ether oxygens (including phenoxy) is 1. The number of nitrogens with zero attached hydrogens (tertiary/aromatic N) is 3. The lowest BCUT2D eigenvalue weighted by atomic mass is 10.0. The lowest BCUT2D eigenvalue weighted by Crippen LogP contribution is -2.42. The summed E-state index contributed by atoms with van der Waals surface area (Å²) in [6.45, 7) is 7.37. The van der Waals surface area contributed by atoms with Crippen molar-refractivity contribution in [3.63, 3.8) is 0 Å². The smallest absolute Gasteiger partial charge is 0.224 e. The molecule has 6 heteroatoms. The molecule has 1 N–H and O–H groups in total. The number of amides is 1. The van der Waals surface area contributed by atoms with Crippen molar-refractivity contribution >= 4 is 5.91 Å². The van der Waals surface area contributed by atoms with Crippen LogP contribution in [-0.2, 0) is 17.8 Å². The number of carbonyl (C=O) groups excluding carboxylic acids is 1. The molecule has 1 heterocycles. The van der Waals surface area contributed by atoms with E-state index in [1.165, 1.54) is 0 Å². The van der Waals surface area contributed by atoms with Gasteiger partial charge in [0, 0.05) is 6.20 Å². The fourth-order valence-electron chi connectivity index (χ4n) is 2.27. The standard InChI is InChI=1S/C17H24N4O2/c1-4-23-15-7-5-14(6-8-15)11-17(22)19-16(13(2)3)12-21-10-9-18-20-21/h5-10,13,16H,4,11-12H2,1-3H3,(H,19,22)/t16-/m1/s1. The van der Waals surface area contributed by atoms with Crippen LogP contribution in [0.2, 0.25) is 0 Å². The third-order valence-electron chi connectivity index (χ3n) is 3.61. The quantitative estimate of drug-likeness (QED) is 0.809. The molecule has 1 atom stereocenters. The minimum Gasteiger partial charge on any atom is -0.494 e. The summed E-state index contributed by atoms with van der Waals surface area (Å²) in [5.41, 5.74) is 0.967. The first-order chi connectivity index (χ1) is 11.1. The maximum absolute atomic E-state index is 12.3. The highest BCUT2D eigenvalue weighted by atomic mass is 16.5. The van der Waals surface area contributed by atoms with Crippen LogP contribution in [0.3, 0.4) is 0 Å². The second-order valence-corrected chi connectivity index (χ2v) is 5.80. The van der Waals surface area contributed by atoms with Crippen LogP contribution < -0.4 is 10.1 Å². The highest BCUT2D eigenvalue weighted by Crippen LogP contribution is 2.13. The topological polar surface area (TPSA) is 69.0 Å². The van der Waals surface area contributed by atoms with Gasteiger partial charge in [-0.25, -0.2) is 0 Å². The van der Waals surface area contributed by atoms with Gasteiger partial charge in [0.05, 0.1) is 31.8 Å². The van der Waals surface area contributed by atoms with E-state index in [0.717, 1.165) is 11.3 Å². The van der Waals surface area contributed by atoms with Crippen molar-refractivity contribution in [1.29, 1.82) is 0 Å². The molecule has 1 aromatic heterocycles. The van der Waals surface area contributed by atoms with Gasteiger partial charge in [-0.05, 0) is 30.5 Å². The van der Waals surface area contributed by atoms with Crippen LogP contribution in [-0.4, -0.2) is 33.5 Å². The van der Waals surface area contributed by atoms with Gasteiger partial charge in [-0.2, -0.15) is 0 Å². The van der Waals surface area contributed by atoms with Gasteiger partial charge in [0.25, 0.3) is 0 Å². The van der Waals surface area contributed by atoms with Crippen LogP contribution in [0, 0.1) is 5.92 Å². The fourth-order valence-corrected chi connectivity index (χ4v) is 2.27. The maximum Gasteiger partial charge on any atom is 0.224 e. The Kier molecular flexibility index (Phi) is 6.14. The van der Waals surface area contributed by atoms with E-state index in [9.17, 15) is 4.79 Å². The zero-order valence-electron chi connectivity index (χ0n) is 13.9. The fraction of sp³-hybridized carbons (Fsp3) is 0.471. The van der Waals surface area contributed by atoms with Crippen molar-refractivity contribution in [1.82, 2.24) is 20.3 Å². The summed E-state index contributed by atoms with van der Waals surface area (Å²) in [6.07, 6.45) is 3.79. The molecule has 1 amide bonds. The van der Waals surface area contributed by atoms with E-state index in [1.54, 1.807) is 17.1 Å². The van der Waals surface area contributed by atoms with E-state index in [0.29, 0.717) is 25.5 Å². The molecule has 0 saturated heterocycles. The zero-order valence-corrected chi connectivity index (χ0v) is 13.9. The first-order valence-corrected chi connectivity index (χ1v) is 7.93. The van der Waals surface area contributed by atoms with Gasteiger partial charge in [0.1, 0.15) is 5.75 Å². The van der Waals surface area contributed by atoms with Crippen molar-refractivity contribution in [2.24, 2.45) is 5.92 Å². The van der Waals surface area contributed by atoms with Crippen LogP contribution in [0.15, 0.2) is 36.7 Å². The zero-order chi connectivity index (χ0) is 16.7. The average Bonchev–Trinajstić information content (AvgIpc) is 3.02. The van der Waals surface area contributed by atoms with E-state index in [2.05, 4.69) is 29.5 Å². The summed E-state index contributed by atoms with van der Waals surface area (Å²) in [7, 11) is 0. The first-order valence-electron chi connectivity index (χ1n) is 7.93. The van der Waals surface area contributed by atoms with E-state index in [-0.39, 0.29) is 11.9 Å². The van der Waals surface area contributed by atoms with Gasteiger partial charge in [0.15, 0.2) is 0 Å². The maximum atomic E-state index is 12.3. The molecule has 6 nitrogen and oxygen atoms in total. The summed E-state index contributed by atoms with van der Waals surface area (Å²) in [5.74, 6) is 1.14. The molecule has 124 valence electrons. The minimum atomic E-state index is 0.00738. The molecular formula is C17H24N4O2. The van der Waals surface area contributed by atoms with Gasteiger partial charge < -0.3 is 10.1 Å². The molecule has 0 saturated carbocycles. The summed E-state index contributed by atoms with van der Waals surface area (Å²) in [5, 5.41) is 10.8. The third-order valence-corrected chi connectivity index (χ3v) is 3.61. The molecule has 2 rings (SSSR count). The molecule has 0 unspecified atom stereocenters. The number of nitrogens with one attached hydrogen (secondary N) is 1. The van der Waals surface area contributed by atoms with E-state index < -0.39 is 0 Å². The van der Waals surface area contributed by atoms with Crippen LogP contribution in [0.25, 0.3) is 0 Å². The highest BCUT2D eigenvalue weighted by molar-refractivity contribution is 5.78. The van der Waals surface area contributed by atoms with Crippen LogP contribution in [0.4, 0.5) is 0 Å². The number of aromatic nitrogens is 3. The molecule has 2 aromatic rings. The predicted octanol–water partition coefficient (Wildman–Crippen LogP) is 2.06. The molecule has 1 aromatic carbocycles. The molecule has 23 heavy (non-hydrogen) atoms. The Morgan fingerprint density at radius 3 is 2.61 bits per heavy atom. The minimum absolute atomic E-state index is 0.00738. The Labute approximate surface area is 136 Å². The summed E-state index contributed by atoms with van der Waals surface area (Å²) < 4.78 is 7.14. The Balaban J connectivity index is 1.90. The van der Waals surface area contributed by atoms with Gasteiger partial charge in [-0.1, -0.05) is 31.2 Å². The van der Waals surface area contributed by atoms with E-state index >= 15 is 0 Å². The highest BCUT2D eigenvalue weighted by Gasteiger charge is 2.17. The Hall–Kier alpha value is -2.37. The van der Waals surface area contributed by atoms with Crippen molar-refractivity contribution in [2.75, 3.05) is 6.61 Å². The number of rotatable bonds is 8. The first kappa shape index (κ1) is 17.0. The van der Waals surface area contributed by atoms with E-state index in [1.807, 2.05) is 31.2 Å². The lowest BCUT2D eigenvalue weighted by molar-refractivity contribution is -0.121. The largest absolute Gasteiger partial charge is 0.494 e. The monoisotopic (exact) mass is 316 g/mol. The summed E-state index contributed by atoms with van der Waals surface area (Å²) in [6, 6.07) is 7.65. The summed E-state index contributed by atoms with van der Waals surface area (Å²) in [4.78, 5) is 12.3. The molecule has 0 bridgehead atoms. The normalized spacial score (nSPS) is 12.2. The van der Waals surface area contributed by atoms with Gasteiger partial charge in [0.2, 0.25) is 5.91 Å². The molecular weight excluding hydrogens is 292 g/mol. The van der Waals surface area contributed by atoms with Gasteiger partial charge >= 0.3 is 0 Å². The van der Waals surface area contributed by atoms with Crippen LogP contribution in [0.5, 0.6) is 5.75 Å². The molecule has 0 radical (unpaired) electrons. The molecule has 0 fully saturated rings. The number of hydrogen-bond donors (Lipinski definition) is 1. The van der Waals surface area contributed by atoms with Gasteiger partial charge in [-0.15, -0.1) is 5.10 Å². The molecule has 0 aliphatic heterocycles. The average molecular weight is 316 g/mol. The molecule has 0 aliphatic rings. The van der Waals surface area contributed by atoms with Crippen molar-refractivity contribution < 1.29 is 9.53 Å². The Morgan fingerprint density at radius 2 is 2.04 bits per heavy atom.